The van der Waals surface area contributed by atoms with E-state index in [1.54, 1.807) is 21.8 Å². The molecule has 1 aliphatic rings. The van der Waals surface area contributed by atoms with Crippen LogP contribution in [0, 0.1) is 5.92 Å². The molecule has 11 nitrogen and oxygen atoms in total. The molecule has 0 radical (unpaired) electrons. The number of aromatic nitrogens is 2. The molecule has 1 aromatic rings. The minimum Gasteiger partial charge on any atom is -0.388 e. The van der Waals surface area contributed by atoms with Gasteiger partial charge in [0.15, 0.2) is 0 Å². The Kier molecular flexibility index (Phi) is 11.9. The van der Waals surface area contributed by atoms with Gasteiger partial charge in [-0.15, -0.1) is 0 Å². The molecule has 3 N–H and O–H groups in total. The number of carbonyl (C=O) groups is 2. The summed E-state index contributed by atoms with van der Waals surface area (Å²) in [6, 6.07) is 1.58. The highest BCUT2D eigenvalue weighted by Crippen LogP contribution is 2.18. The number of aryl methyl sites for hydroxylation is 1. The number of aliphatic hydroxyl groups is 2. The highest BCUT2D eigenvalue weighted by atomic mass is 16.5. The van der Waals surface area contributed by atoms with Crippen molar-refractivity contribution in [2.45, 2.75) is 64.4 Å². The molecule has 1 fully saturated rings. The van der Waals surface area contributed by atoms with Crippen LogP contribution in [-0.4, -0.2) is 112 Å². The lowest BCUT2D eigenvalue weighted by Crippen LogP contribution is -2.54. The van der Waals surface area contributed by atoms with Gasteiger partial charge in [-0.05, 0) is 25.2 Å². The van der Waals surface area contributed by atoms with Crippen LogP contribution in [0.5, 0.6) is 0 Å². The quantitative estimate of drug-likeness (QED) is 0.517. The zero-order valence-corrected chi connectivity index (χ0v) is 21.7. The fourth-order valence-corrected chi connectivity index (χ4v) is 4.29. The summed E-state index contributed by atoms with van der Waals surface area (Å²) in [4.78, 5) is 29.4. The lowest BCUT2D eigenvalue weighted by atomic mass is 10.00. The van der Waals surface area contributed by atoms with Crippen molar-refractivity contribution in [2.75, 3.05) is 51.8 Å². The van der Waals surface area contributed by atoms with E-state index >= 15 is 0 Å². The monoisotopic (exact) mass is 497 g/mol. The first-order valence-corrected chi connectivity index (χ1v) is 12.4. The molecule has 0 aromatic carbocycles. The molecule has 11 heteroatoms. The number of ether oxygens (including phenoxy) is 2. The van der Waals surface area contributed by atoms with Crippen molar-refractivity contribution < 1.29 is 29.3 Å². The van der Waals surface area contributed by atoms with E-state index in [1.165, 1.54) is 14.0 Å². The number of nitrogens with zero attached hydrogens (tertiary/aromatic N) is 4. The summed E-state index contributed by atoms with van der Waals surface area (Å²) in [7, 11) is 3.25. The molecule has 2 rings (SSSR count). The normalized spacial score (nSPS) is 25.4. The molecule has 1 saturated heterocycles. The molecule has 2 amide bonds. The van der Waals surface area contributed by atoms with Gasteiger partial charge in [0, 0.05) is 65.6 Å². The molecule has 35 heavy (non-hydrogen) atoms. The fourth-order valence-electron chi connectivity index (χ4n) is 4.29. The van der Waals surface area contributed by atoms with Gasteiger partial charge in [0.05, 0.1) is 13.2 Å². The Bertz CT molecular complexity index is 788. The smallest absolute Gasteiger partial charge is 0.242 e. The van der Waals surface area contributed by atoms with Crippen LogP contribution < -0.4 is 5.32 Å². The standard InChI is InChI=1S/C24H43N5O6/c1-17(2)12-19-14-28(18(3)30)15-21(34-5)24(33)20(31)16-35-11-7-6-9-29(19)23(32)13-25-22-8-10-27(4)26-22/h8,10,17,19-21,24,31,33H,6-7,9,11-16H2,1-5H3,(H,25,26)/t19-,20-,21-,24-/m1/s1. The minimum absolute atomic E-state index is 0.0340. The van der Waals surface area contributed by atoms with Crippen molar-refractivity contribution in [1.29, 1.82) is 0 Å². The average Bonchev–Trinajstić information content (AvgIpc) is 3.22. The van der Waals surface area contributed by atoms with Gasteiger partial charge in [-0.2, -0.15) is 5.10 Å². The Labute approximate surface area is 208 Å². The SMILES string of the molecule is CO[C@@H]1CN(C(C)=O)C[C@@H](CC(C)C)N(C(=O)CNc2ccn(C)n2)CCCCOC[C@@H](O)[C@H]1O. The summed E-state index contributed by atoms with van der Waals surface area (Å²) in [5.74, 6) is 0.653. The third-order valence-corrected chi connectivity index (χ3v) is 6.22. The molecule has 1 aliphatic heterocycles. The van der Waals surface area contributed by atoms with Crippen molar-refractivity contribution in [3.8, 4) is 0 Å². The van der Waals surface area contributed by atoms with Crippen LogP contribution >= 0.6 is 0 Å². The van der Waals surface area contributed by atoms with E-state index in [9.17, 15) is 19.8 Å². The zero-order chi connectivity index (χ0) is 26.0. The van der Waals surface area contributed by atoms with Crippen molar-refractivity contribution in [3.05, 3.63) is 12.3 Å². The van der Waals surface area contributed by atoms with Crippen LogP contribution in [0.25, 0.3) is 0 Å². The van der Waals surface area contributed by atoms with Crippen LogP contribution in [0.1, 0.15) is 40.0 Å². The van der Waals surface area contributed by atoms with E-state index in [4.69, 9.17) is 9.47 Å². The largest absolute Gasteiger partial charge is 0.388 e. The van der Waals surface area contributed by atoms with Gasteiger partial charge in [-0.25, -0.2) is 0 Å². The fraction of sp³-hybridized carbons (Fsp3) is 0.792. The summed E-state index contributed by atoms with van der Waals surface area (Å²) in [6.07, 6.45) is 0.779. The van der Waals surface area contributed by atoms with Gasteiger partial charge >= 0.3 is 0 Å². The number of hydrogen-bond donors (Lipinski definition) is 3. The Morgan fingerprint density at radius 1 is 1.29 bits per heavy atom. The molecule has 200 valence electrons. The van der Waals surface area contributed by atoms with E-state index in [-0.39, 0.29) is 37.6 Å². The number of rotatable bonds is 6. The van der Waals surface area contributed by atoms with Crippen molar-refractivity contribution in [2.24, 2.45) is 13.0 Å². The summed E-state index contributed by atoms with van der Waals surface area (Å²) in [5.41, 5.74) is 0. The molecule has 0 bridgehead atoms. The average molecular weight is 498 g/mol. The van der Waals surface area contributed by atoms with Gasteiger partial charge < -0.3 is 34.8 Å². The van der Waals surface area contributed by atoms with E-state index < -0.39 is 18.3 Å². The second-order valence-electron chi connectivity index (χ2n) is 9.64. The Morgan fingerprint density at radius 3 is 2.63 bits per heavy atom. The Morgan fingerprint density at radius 2 is 2.03 bits per heavy atom. The first-order valence-electron chi connectivity index (χ1n) is 12.4. The molecule has 0 unspecified atom stereocenters. The number of carbonyl (C=O) groups excluding carboxylic acids is 2. The number of hydrogen-bond acceptors (Lipinski definition) is 8. The highest BCUT2D eigenvalue weighted by Gasteiger charge is 2.32. The third kappa shape index (κ3) is 9.40. The maximum Gasteiger partial charge on any atom is 0.242 e. The summed E-state index contributed by atoms with van der Waals surface area (Å²) >= 11 is 0. The molecule has 0 spiro atoms. The van der Waals surface area contributed by atoms with Crippen LogP contribution in [0.15, 0.2) is 12.3 Å². The Hall–Kier alpha value is -2.21. The van der Waals surface area contributed by atoms with Crippen LogP contribution in [0.3, 0.4) is 0 Å². The zero-order valence-electron chi connectivity index (χ0n) is 21.7. The van der Waals surface area contributed by atoms with E-state index in [2.05, 4.69) is 24.3 Å². The summed E-state index contributed by atoms with van der Waals surface area (Å²) < 4.78 is 12.7. The van der Waals surface area contributed by atoms with E-state index in [0.29, 0.717) is 50.7 Å². The topological polar surface area (TPSA) is 129 Å². The molecular weight excluding hydrogens is 454 g/mol. The van der Waals surface area contributed by atoms with Crippen LogP contribution in [-0.2, 0) is 26.1 Å². The first kappa shape index (κ1) is 29.0. The lowest BCUT2D eigenvalue weighted by molar-refractivity contribution is -0.141. The van der Waals surface area contributed by atoms with E-state index in [0.717, 1.165) is 0 Å². The minimum atomic E-state index is -1.21. The maximum absolute atomic E-state index is 13.4. The number of aliphatic hydroxyl groups excluding tert-OH is 2. The molecule has 0 saturated carbocycles. The summed E-state index contributed by atoms with van der Waals surface area (Å²) in [5, 5.41) is 28.3. The number of nitrogens with one attached hydrogen (secondary N) is 1. The summed E-state index contributed by atoms with van der Waals surface area (Å²) in [6.45, 7) is 7.02. The van der Waals surface area contributed by atoms with Gasteiger partial charge in [0.1, 0.15) is 24.1 Å². The van der Waals surface area contributed by atoms with Gasteiger partial charge in [0.25, 0.3) is 0 Å². The maximum atomic E-state index is 13.4. The first-order chi connectivity index (χ1) is 16.6. The second kappa shape index (κ2) is 14.4. The molecular formula is C24H43N5O6. The van der Waals surface area contributed by atoms with Gasteiger partial charge in [0.2, 0.25) is 11.8 Å². The van der Waals surface area contributed by atoms with E-state index in [1.807, 2.05) is 11.9 Å². The lowest BCUT2D eigenvalue weighted by Gasteiger charge is -2.38. The molecule has 1 aromatic heterocycles. The van der Waals surface area contributed by atoms with Crippen molar-refractivity contribution in [1.82, 2.24) is 19.6 Å². The molecule has 0 aliphatic carbocycles. The number of methoxy groups -OCH3 is 1. The molecule has 2 heterocycles. The van der Waals surface area contributed by atoms with Gasteiger partial charge in [-0.1, -0.05) is 13.8 Å². The second-order valence-corrected chi connectivity index (χ2v) is 9.64. The van der Waals surface area contributed by atoms with Crippen molar-refractivity contribution >= 4 is 17.6 Å². The number of anilines is 1. The van der Waals surface area contributed by atoms with Gasteiger partial charge in [-0.3, -0.25) is 14.3 Å². The van der Waals surface area contributed by atoms with Crippen LogP contribution in [0.2, 0.25) is 0 Å². The number of amides is 2. The molecule has 4 atom stereocenters. The van der Waals surface area contributed by atoms with Crippen LogP contribution in [0.4, 0.5) is 5.82 Å². The predicted octanol–water partition coefficient (Wildman–Crippen LogP) is 0.471. The Balaban J connectivity index is 2.28. The van der Waals surface area contributed by atoms with Crippen molar-refractivity contribution in [3.63, 3.8) is 0 Å². The highest BCUT2D eigenvalue weighted by molar-refractivity contribution is 5.81. The predicted molar refractivity (Wildman–Crippen MR) is 132 cm³/mol. The third-order valence-electron chi connectivity index (χ3n) is 6.22.